The van der Waals surface area contributed by atoms with Gasteiger partial charge in [-0.2, -0.15) is 0 Å². The van der Waals surface area contributed by atoms with E-state index >= 15 is 0 Å². The van der Waals surface area contributed by atoms with Gasteiger partial charge in [-0.05, 0) is 43.2 Å². The summed E-state index contributed by atoms with van der Waals surface area (Å²) in [6.07, 6.45) is 1.60. The number of hydrogen-bond donors (Lipinski definition) is 0. The summed E-state index contributed by atoms with van der Waals surface area (Å²) >= 11 is 7.69. The number of halogens is 1. The zero-order valence-electron chi connectivity index (χ0n) is 13.9. The van der Waals surface area contributed by atoms with Gasteiger partial charge in [0.1, 0.15) is 0 Å². The average Bonchev–Trinajstić information content (AvgIpc) is 3.02. The molecule has 0 bridgehead atoms. The molecule has 0 saturated heterocycles. The summed E-state index contributed by atoms with van der Waals surface area (Å²) in [5.74, 6) is -0.155. The van der Waals surface area contributed by atoms with Gasteiger partial charge < -0.3 is 0 Å². The fraction of sp³-hybridized carbons (Fsp3) is 0.100. The zero-order chi connectivity index (χ0) is 17.8. The largest absolute Gasteiger partial charge is 0.269 e. The summed E-state index contributed by atoms with van der Waals surface area (Å²) in [7, 11) is 0. The molecule has 0 fully saturated rings. The second-order valence-corrected chi connectivity index (χ2v) is 6.83. The minimum atomic E-state index is -0.155. The Labute approximate surface area is 156 Å². The molecule has 0 unspecified atom stereocenters. The van der Waals surface area contributed by atoms with Crippen LogP contribution in [0.25, 0.3) is 5.57 Å². The van der Waals surface area contributed by atoms with Crippen LogP contribution >= 0.6 is 22.9 Å². The molecule has 5 heteroatoms. The van der Waals surface area contributed by atoms with Gasteiger partial charge in [-0.1, -0.05) is 48.0 Å². The molecule has 0 radical (unpaired) electrons. The quantitative estimate of drug-likeness (QED) is 0.539. The van der Waals surface area contributed by atoms with E-state index in [9.17, 15) is 4.79 Å². The fourth-order valence-corrected chi connectivity index (χ4v) is 3.57. The van der Waals surface area contributed by atoms with Crippen molar-refractivity contribution in [2.75, 3.05) is 4.90 Å². The highest BCUT2D eigenvalue weighted by Crippen LogP contribution is 2.30. The number of hydrogen-bond acceptors (Lipinski definition) is 3. The number of thiazole rings is 1. The molecular weight excluding hydrogens is 352 g/mol. The number of nitrogens with zero attached hydrogens (tertiary/aromatic N) is 2. The lowest BCUT2D eigenvalue weighted by atomic mass is 10.1. The van der Waals surface area contributed by atoms with Crippen LogP contribution in [0, 0.1) is 6.92 Å². The lowest BCUT2D eigenvalue weighted by molar-refractivity contribution is -0.113. The second kappa shape index (κ2) is 7.64. The van der Waals surface area contributed by atoms with Gasteiger partial charge in [0.2, 0.25) is 0 Å². The van der Waals surface area contributed by atoms with Gasteiger partial charge in [0.25, 0.3) is 5.91 Å². The Kier molecular flexibility index (Phi) is 5.31. The topological polar surface area (TPSA) is 33.2 Å². The van der Waals surface area contributed by atoms with E-state index in [0.717, 1.165) is 22.5 Å². The summed E-state index contributed by atoms with van der Waals surface area (Å²) < 4.78 is 0. The van der Waals surface area contributed by atoms with Crippen LogP contribution in [-0.2, 0) is 4.79 Å². The van der Waals surface area contributed by atoms with E-state index < -0.39 is 0 Å². The number of allylic oxidation sites excluding steroid dienone is 1. The van der Waals surface area contributed by atoms with Crippen LogP contribution < -0.4 is 4.90 Å². The molecule has 0 aliphatic rings. The molecule has 1 aromatic heterocycles. The first-order valence-electron chi connectivity index (χ1n) is 7.81. The molecule has 3 aromatic rings. The van der Waals surface area contributed by atoms with E-state index in [2.05, 4.69) is 4.98 Å². The number of para-hydroxylation sites is 1. The van der Waals surface area contributed by atoms with E-state index in [1.807, 2.05) is 73.8 Å². The van der Waals surface area contributed by atoms with E-state index in [0.29, 0.717) is 10.2 Å². The smallest absolute Gasteiger partial charge is 0.257 e. The molecule has 25 heavy (non-hydrogen) atoms. The Bertz CT molecular complexity index is 918. The number of carbonyl (C=O) groups excluding carboxylic acids is 1. The molecule has 3 nitrogen and oxygen atoms in total. The minimum absolute atomic E-state index is 0.155. The van der Waals surface area contributed by atoms with Gasteiger partial charge in [0, 0.05) is 16.5 Å². The maximum Gasteiger partial charge on any atom is 0.257 e. The van der Waals surface area contributed by atoms with Crippen LogP contribution in [-0.4, -0.2) is 10.9 Å². The van der Waals surface area contributed by atoms with Gasteiger partial charge in [-0.3, -0.25) is 9.69 Å². The van der Waals surface area contributed by atoms with Crippen LogP contribution in [0.5, 0.6) is 0 Å². The highest BCUT2D eigenvalue weighted by Gasteiger charge is 2.19. The summed E-state index contributed by atoms with van der Waals surface area (Å²) in [6, 6.07) is 17.0. The molecular formula is C20H17ClN2OS. The average molecular weight is 369 g/mol. The molecule has 126 valence electrons. The van der Waals surface area contributed by atoms with Gasteiger partial charge in [-0.25, -0.2) is 4.98 Å². The monoisotopic (exact) mass is 368 g/mol. The van der Waals surface area contributed by atoms with Crippen molar-refractivity contribution in [2.24, 2.45) is 0 Å². The molecule has 0 N–H and O–H groups in total. The molecule has 3 rings (SSSR count). The molecule has 1 amide bonds. The SMILES string of the molecule is C/C(=C/C(=O)N(c1ccccc1)c1nc(C)cs1)c1ccccc1Cl. The number of carbonyl (C=O) groups is 1. The van der Waals surface area contributed by atoms with Crippen molar-refractivity contribution < 1.29 is 4.79 Å². The first-order valence-corrected chi connectivity index (χ1v) is 9.06. The van der Waals surface area contributed by atoms with Crippen molar-refractivity contribution in [2.45, 2.75) is 13.8 Å². The molecule has 2 aromatic carbocycles. The Hall–Kier alpha value is -2.43. The maximum atomic E-state index is 13.0. The Morgan fingerprint density at radius 2 is 1.80 bits per heavy atom. The summed E-state index contributed by atoms with van der Waals surface area (Å²) in [4.78, 5) is 19.1. The van der Waals surface area contributed by atoms with Crippen LogP contribution in [0.3, 0.4) is 0 Å². The van der Waals surface area contributed by atoms with Crippen molar-refractivity contribution in [3.05, 3.63) is 82.3 Å². The van der Waals surface area contributed by atoms with Crippen LogP contribution in [0.4, 0.5) is 10.8 Å². The van der Waals surface area contributed by atoms with Crippen molar-refractivity contribution in [3.8, 4) is 0 Å². The van der Waals surface area contributed by atoms with E-state index in [1.165, 1.54) is 11.3 Å². The molecule has 0 atom stereocenters. The molecule has 1 heterocycles. The number of rotatable bonds is 4. The lowest BCUT2D eigenvalue weighted by Crippen LogP contribution is -2.24. The number of aromatic nitrogens is 1. The van der Waals surface area contributed by atoms with Crippen molar-refractivity contribution >= 4 is 45.2 Å². The van der Waals surface area contributed by atoms with Crippen LogP contribution in [0.2, 0.25) is 5.02 Å². The third-order valence-electron chi connectivity index (χ3n) is 3.67. The molecule has 0 spiro atoms. The predicted octanol–water partition coefficient (Wildman–Crippen LogP) is 5.87. The summed E-state index contributed by atoms with van der Waals surface area (Å²) in [6.45, 7) is 3.80. The first kappa shape index (κ1) is 17.4. The third kappa shape index (κ3) is 3.98. The Morgan fingerprint density at radius 3 is 2.44 bits per heavy atom. The van der Waals surface area contributed by atoms with Crippen molar-refractivity contribution in [3.63, 3.8) is 0 Å². The minimum Gasteiger partial charge on any atom is -0.269 e. The van der Waals surface area contributed by atoms with E-state index in [1.54, 1.807) is 11.0 Å². The fourth-order valence-electron chi connectivity index (χ4n) is 2.46. The highest BCUT2D eigenvalue weighted by molar-refractivity contribution is 7.14. The zero-order valence-corrected chi connectivity index (χ0v) is 15.5. The van der Waals surface area contributed by atoms with Crippen molar-refractivity contribution in [1.29, 1.82) is 0 Å². The number of aryl methyl sites for hydroxylation is 1. The predicted molar refractivity (Wildman–Crippen MR) is 106 cm³/mol. The van der Waals surface area contributed by atoms with Gasteiger partial charge in [-0.15, -0.1) is 11.3 Å². The highest BCUT2D eigenvalue weighted by atomic mass is 35.5. The standard InChI is InChI=1S/C20H17ClN2OS/c1-14(17-10-6-7-11-18(17)21)12-19(24)23(16-8-4-3-5-9-16)20-22-15(2)13-25-20/h3-13H,1-2H3/b14-12-. The van der Waals surface area contributed by atoms with Gasteiger partial charge in [0.05, 0.1) is 11.4 Å². The van der Waals surface area contributed by atoms with Crippen molar-refractivity contribution in [1.82, 2.24) is 4.98 Å². The third-order valence-corrected chi connectivity index (χ3v) is 4.94. The normalized spacial score (nSPS) is 11.4. The number of amides is 1. The van der Waals surface area contributed by atoms with Gasteiger partial charge >= 0.3 is 0 Å². The first-order chi connectivity index (χ1) is 12.1. The number of benzene rings is 2. The Morgan fingerprint density at radius 1 is 1.12 bits per heavy atom. The summed E-state index contributed by atoms with van der Waals surface area (Å²) in [5, 5.41) is 3.21. The molecule has 0 aliphatic heterocycles. The second-order valence-electron chi connectivity index (χ2n) is 5.59. The molecule has 0 aliphatic carbocycles. The number of anilines is 2. The van der Waals surface area contributed by atoms with Crippen LogP contribution in [0.15, 0.2) is 66.1 Å². The van der Waals surface area contributed by atoms with Gasteiger partial charge in [0.15, 0.2) is 5.13 Å². The van der Waals surface area contributed by atoms with E-state index in [4.69, 9.17) is 11.6 Å². The lowest BCUT2D eigenvalue weighted by Gasteiger charge is -2.19. The van der Waals surface area contributed by atoms with E-state index in [-0.39, 0.29) is 5.91 Å². The Balaban J connectivity index is 2.00. The summed E-state index contributed by atoms with van der Waals surface area (Å²) in [5.41, 5.74) is 3.33. The maximum absolute atomic E-state index is 13.0. The van der Waals surface area contributed by atoms with Crippen LogP contribution in [0.1, 0.15) is 18.2 Å². The molecule has 0 saturated carbocycles.